The molecule has 0 aliphatic heterocycles. The molecule has 0 aromatic heterocycles. The molecule has 0 rings (SSSR count). The topological polar surface area (TPSA) is 164 Å². The fourth-order valence-electron chi connectivity index (χ4n) is 0.421. The third-order valence-electron chi connectivity index (χ3n) is 1.38. The molecule has 0 aliphatic rings. The minimum atomic E-state index is -1.23. The Morgan fingerprint density at radius 2 is 1.56 bits per heavy atom. The molecule has 16 heavy (non-hydrogen) atoms. The average molecular weight is 236 g/mol. The third-order valence-corrected chi connectivity index (χ3v) is 1.38. The lowest BCUT2D eigenvalue weighted by Gasteiger charge is -2.01. The molecule has 0 fully saturated rings. The van der Waals surface area contributed by atoms with Crippen LogP contribution in [0.1, 0.15) is 19.8 Å². The summed E-state index contributed by atoms with van der Waals surface area (Å²) in [4.78, 5) is 29.6. The molecule has 0 heterocycles. The van der Waals surface area contributed by atoms with Gasteiger partial charge in [-0.2, -0.15) is 0 Å². The zero-order valence-corrected chi connectivity index (χ0v) is 8.79. The van der Waals surface area contributed by atoms with Crippen molar-refractivity contribution in [1.82, 2.24) is 0 Å². The number of amides is 1. The van der Waals surface area contributed by atoms with Crippen LogP contribution in [0.4, 0.5) is 0 Å². The number of aliphatic hydroxyl groups is 1. The summed E-state index contributed by atoms with van der Waals surface area (Å²) < 4.78 is 0. The van der Waals surface area contributed by atoms with Gasteiger partial charge in [0.1, 0.15) is 12.1 Å². The molecule has 8 heteroatoms. The molecular weight excluding hydrogens is 220 g/mol. The highest BCUT2D eigenvalue weighted by Gasteiger charge is 2.11. The van der Waals surface area contributed by atoms with Gasteiger partial charge >= 0.3 is 11.9 Å². The number of rotatable bonds is 5. The predicted octanol–water partition coefficient (Wildman–Crippen LogP) is -1.88. The van der Waals surface area contributed by atoms with E-state index in [-0.39, 0.29) is 12.8 Å². The van der Waals surface area contributed by atoms with Gasteiger partial charge in [-0.3, -0.25) is 9.59 Å². The number of primary amides is 1. The lowest BCUT2D eigenvalue weighted by molar-refractivity contribution is -0.145. The number of aliphatic hydroxyl groups excluding tert-OH is 1. The van der Waals surface area contributed by atoms with Gasteiger partial charge in [-0.25, -0.2) is 4.79 Å². The van der Waals surface area contributed by atoms with E-state index in [0.717, 1.165) is 0 Å². The number of hydrogen-bond donors (Lipinski definition) is 5. The van der Waals surface area contributed by atoms with Crippen molar-refractivity contribution in [1.29, 1.82) is 0 Å². The maximum atomic E-state index is 10.1. The van der Waals surface area contributed by atoms with Crippen molar-refractivity contribution in [3.63, 3.8) is 0 Å². The molecule has 7 N–H and O–H groups in total. The molecule has 2 unspecified atom stereocenters. The van der Waals surface area contributed by atoms with Gasteiger partial charge in [0, 0.05) is 6.42 Å². The van der Waals surface area contributed by atoms with Gasteiger partial charge < -0.3 is 26.8 Å². The number of aliphatic carboxylic acids is 2. The maximum absolute atomic E-state index is 10.1. The number of nitrogens with two attached hydrogens (primary N) is 2. The van der Waals surface area contributed by atoms with Crippen molar-refractivity contribution < 1.29 is 29.7 Å². The lowest BCUT2D eigenvalue weighted by Crippen LogP contribution is -2.31. The molecule has 94 valence electrons. The fraction of sp³-hybridized carbons (Fsp3) is 0.625. The van der Waals surface area contributed by atoms with Crippen molar-refractivity contribution in [2.45, 2.75) is 31.9 Å². The Morgan fingerprint density at radius 3 is 1.75 bits per heavy atom. The van der Waals surface area contributed by atoms with Crippen LogP contribution in [-0.4, -0.2) is 45.3 Å². The fourth-order valence-corrected chi connectivity index (χ4v) is 0.421. The summed E-state index contributed by atoms with van der Waals surface area (Å²) in [5, 5.41) is 24.0. The van der Waals surface area contributed by atoms with E-state index in [1.165, 1.54) is 6.92 Å². The third kappa shape index (κ3) is 12.3. The van der Waals surface area contributed by atoms with Crippen LogP contribution in [0.15, 0.2) is 0 Å². The van der Waals surface area contributed by atoms with Crippen LogP contribution >= 0.6 is 0 Å². The molecular formula is C8H16N2O6. The Morgan fingerprint density at radius 1 is 1.19 bits per heavy atom. The van der Waals surface area contributed by atoms with E-state index in [0.29, 0.717) is 0 Å². The second-order valence-corrected chi connectivity index (χ2v) is 2.96. The summed E-state index contributed by atoms with van der Waals surface area (Å²) in [6.45, 7) is 1.20. The van der Waals surface area contributed by atoms with Gasteiger partial charge in [0.2, 0.25) is 5.91 Å². The van der Waals surface area contributed by atoms with Crippen LogP contribution < -0.4 is 11.5 Å². The van der Waals surface area contributed by atoms with Crippen molar-refractivity contribution in [2.75, 3.05) is 0 Å². The van der Waals surface area contributed by atoms with Crippen LogP contribution in [0.25, 0.3) is 0 Å². The quantitative estimate of drug-likeness (QED) is 0.372. The van der Waals surface area contributed by atoms with E-state index >= 15 is 0 Å². The van der Waals surface area contributed by atoms with Gasteiger partial charge in [0.25, 0.3) is 0 Å². The molecule has 0 aromatic rings. The van der Waals surface area contributed by atoms with E-state index in [1.54, 1.807) is 0 Å². The first-order valence-corrected chi connectivity index (χ1v) is 4.36. The normalized spacial score (nSPS) is 12.9. The van der Waals surface area contributed by atoms with Crippen LogP contribution in [0.5, 0.6) is 0 Å². The summed E-state index contributed by atoms with van der Waals surface area (Å²) in [5.74, 6) is -2.83. The number of carboxylic acid groups (broad SMARTS) is 2. The summed E-state index contributed by atoms with van der Waals surface area (Å²) in [5.41, 5.74) is 9.81. The molecule has 0 saturated heterocycles. The number of carbonyl (C=O) groups excluding carboxylic acids is 1. The minimum absolute atomic E-state index is 0.0213. The Labute approximate surface area is 91.8 Å². The van der Waals surface area contributed by atoms with Gasteiger partial charge in [-0.1, -0.05) is 0 Å². The second kappa shape index (κ2) is 8.62. The SMILES string of the molecule is CC(O)C(=O)O.NC(=O)CCC(N)C(=O)O. The van der Waals surface area contributed by atoms with Gasteiger partial charge in [0.05, 0.1) is 0 Å². The number of carbonyl (C=O) groups is 3. The smallest absolute Gasteiger partial charge is 0.332 e. The van der Waals surface area contributed by atoms with Crippen molar-refractivity contribution >= 4 is 17.8 Å². The van der Waals surface area contributed by atoms with E-state index in [4.69, 9.17) is 26.8 Å². The first-order valence-electron chi connectivity index (χ1n) is 4.36. The summed E-state index contributed by atoms with van der Waals surface area (Å²) >= 11 is 0. The Bertz CT molecular complexity index is 253. The second-order valence-electron chi connectivity index (χ2n) is 2.96. The van der Waals surface area contributed by atoms with Crippen LogP contribution in [0.3, 0.4) is 0 Å². The Balaban J connectivity index is 0. The molecule has 0 radical (unpaired) electrons. The highest BCUT2D eigenvalue weighted by Crippen LogP contribution is 1.92. The van der Waals surface area contributed by atoms with E-state index < -0.39 is 30.0 Å². The highest BCUT2D eigenvalue weighted by molar-refractivity contribution is 5.77. The standard InChI is InChI=1S/C5H10N2O3.C3H6O3/c6-3(5(9)10)1-2-4(7)8;1-2(4)3(5)6/h3H,1-2,6H2,(H2,7,8)(H,9,10);2,4H,1H3,(H,5,6). The molecule has 0 saturated carbocycles. The number of carboxylic acids is 2. The van der Waals surface area contributed by atoms with Crippen LogP contribution in [0, 0.1) is 0 Å². The average Bonchev–Trinajstić information content (AvgIpc) is 2.14. The van der Waals surface area contributed by atoms with Crippen LogP contribution in [-0.2, 0) is 14.4 Å². The molecule has 0 bridgehead atoms. The minimum Gasteiger partial charge on any atom is -0.480 e. The molecule has 0 aliphatic carbocycles. The summed E-state index contributed by atoms with van der Waals surface area (Å²) in [7, 11) is 0. The predicted molar refractivity (Wildman–Crippen MR) is 53.4 cm³/mol. The van der Waals surface area contributed by atoms with E-state index in [2.05, 4.69) is 0 Å². The first-order chi connectivity index (χ1) is 7.18. The Kier molecular flexibility index (Phi) is 9.03. The molecule has 8 nitrogen and oxygen atoms in total. The maximum Gasteiger partial charge on any atom is 0.332 e. The summed E-state index contributed by atoms with van der Waals surface area (Å²) in [6.07, 6.45) is -1.11. The van der Waals surface area contributed by atoms with Crippen molar-refractivity contribution in [2.24, 2.45) is 11.5 Å². The van der Waals surface area contributed by atoms with Crippen molar-refractivity contribution in [3.8, 4) is 0 Å². The zero-order chi connectivity index (χ0) is 13.3. The van der Waals surface area contributed by atoms with E-state index in [9.17, 15) is 14.4 Å². The van der Waals surface area contributed by atoms with Gasteiger partial charge in [-0.15, -0.1) is 0 Å². The highest BCUT2D eigenvalue weighted by atomic mass is 16.4. The molecule has 0 spiro atoms. The molecule has 2 atom stereocenters. The Hall–Kier alpha value is -1.67. The number of hydrogen-bond acceptors (Lipinski definition) is 5. The van der Waals surface area contributed by atoms with Gasteiger partial charge in [0.15, 0.2) is 0 Å². The zero-order valence-electron chi connectivity index (χ0n) is 8.79. The molecule has 1 amide bonds. The first kappa shape index (κ1) is 16.7. The van der Waals surface area contributed by atoms with E-state index in [1.807, 2.05) is 0 Å². The van der Waals surface area contributed by atoms with Crippen LogP contribution in [0.2, 0.25) is 0 Å². The molecule has 0 aromatic carbocycles. The van der Waals surface area contributed by atoms with Gasteiger partial charge in [-0.05, 0) is 13.3 Å². The lowest BCUT2D eigenvalue weighted by atomic mass is 10.2. The largest absolute Gasteiger partial charge is 0.480 e. The van der Waals surface area contributed by atoms with Crippen molar-refractivity contribution in [3.05, 3.63) is 0 Å². The monoisotopic (exact) mass is 236 g/mol. The summed E-state index contributed by atoms with van der Waals surface area (Å²) in [6, 6.07) is -0.979.